The summed E-state index contributed by atoms with van der Waals surface area (Å²) in [7, 11) is 0. The number of hydrogen-bond acceptors (Lipinski definition) is 2. The van der Waals surface area contributed by atoms with E-state index in [2.05, 4.69) is 10.2 Å². The van der Waals surface area contributed by atoms with E-state index in [1.54, 1.807) is 12.1 Å². The monoisotopic (exact) mass is 360 g/mol. The minimum absolute atomic E-state index is 0.0363. The summed E-state index contributed by atoms with van der Waals surface area (Å²) in [5, 5.41) is 3.67. The molecule has 1 fully saturated rings. The minimum Gasteiger partial charge on any atom is -0.326 e. The third kappa shape index (κ3) is 4.59. The molecule has 0 aliphatic carbocycles. The third-order valence-corrected chi connectivity index (χ3v) is 5.13. The van der Waals surface area contributed by atoms with Crippen LogP contribution in [0.15, 0.2) is 42.5 Å². The van der Waals surface area contributed by atoms with Gasteiger partial charge in [0.25, 0.3) is 0 Å². The van der Waals surface area contributed by atoms with E-state index in [0.29, 0.717) is 11.6 Å². The lowest BCUT2D eigenvalue weighted by molar-refractivity contribution is -0.121. The molecule has 3 rings (SSSR count). The number of amides is 1. The average Bonchev–Trinajstić information content (AvgIpc) is 2.61. The first-order valence-corrected chi connectivity index (χ1v) is 8.93. The first-order valence-electron chi connectivity index (χ1n) is 8.55. The summed E-state index contributed by atoms with van der Waals surface area (Å²) >= 11 is 6.12. The van der Waals surface area contributed by atoms with E-state index in [-0.39, 0.29) is 17.6 Å². The molecular weight excluding hydrogens is 339 g/mol. The van der Waals surface area contributed by atoms with E-state index in [9.17, 15) is 9.18 Å². The van der Waals surface area contributed by atoms with Crippen LogP contribution in [0.25, 0.3) is 0 Å². The number of anilines is 1. The third-order valence-electron chi connectivity index (χ3n) is 4.72. The first kappa shape index (κ1) is 17.9. The van der Waals surface area contributed by atoms with Gasteiger partial charge in [-0.1, -0.05) is 29.8 Å². The van der Waals surface area contributed by atoms with Gasteiger partial charge in [-0.2, -0.15) is 0 Å². The van der Waals surface area contributed by atoms with E-state index >= 15 is 0 Å². The number of likely N-dealkylation sites (tertiary alicyclic amines) is 1. The lowest BCUT2D eigenvalue weighted by atomic mass is 9.96. The Hall–Kier alpha value is -1.91. The molecule has 1 N–H and O–H groups in total. The molecule has 0 bridgehead atoms. The second-order valence-electron chi connectivity index (χ2n) is 6.60. The number of rotatable bonds is 4. The van der Waals surface area contributed by atoms with Gasteiger partial charge in [0.05, 0.1) is 5.92 Å². The molecule has 0 radical (unpaired) electrons. The molecule has 1 aliphatic heterocycles. The molecule has 1 atom stereocenters. The molecule has 25 heavy (non-hydrogen) atoms. The van der Waals surface area contributed by atoms with Crippen LogP contribution in [-0.2, 0) is 11.3 Å². The largest absolute Gasteiger partial charge is 0.326 e. The number of carbonyl (C=O) groups excluding carboxylic acids is 1. The van der Waals surface area contributed by atoms with Crippen molar-refractivity contribution in [3.8, 4) is 0 Å². The molecule has 3 nitrogen and oxygen atoms in total. The SMILES string of the molecule is Cc1c(Cl)cccc1NC(=O)[C@@H]1CCCN(Cc2ccc(F)cc2)C1. The molecule has 2 aromatic carbocycles. The Morgan fingerprint density at radius 3 is 2.80 bits per heavy atom. The van der Waals surface area contributed by atoms with Crippen molar-refractivity contribution in [2.24, 2.45) is 5.92 Å². The average molecular weight is 361 g/mol. The van der Waals surface area contributed by atoms with Crippen LogP contribution < -0.4 is 5.32 Å². The number of hydrogen-bond donors (Lipinski definition) is 1. The second kappa shape index (κ2) is 7.98. The molecule has 0 aromatic heterocycles. The van der Waals surface area contributed by atoms with Crippen molar-refractivity contribution in [3.63, 3.8) is 0 Å². The van der Waals surface area contributed by atoms with Crippen LogP contribution in [0.3, 0.4) is 0 Å². The zero-order valence-corrected chi connectivity index (χ0v) is 15.0. The molecule has 1 saturated heterocycles. The summed E-state index contributed by atoms with van der Waals surface area (Å²) in [6.45, 7) is 4.31. The Kier molecular flexibility index (Phi) is 5.71. The standard InChI is InChI=1S/C20H22ClFN2O/c1-14-18(21)5-2-6-19(14)23-20(25)16-4-3-11-24(13-16)12-15-7-9-17(22)10-8-15/h2,5-10,16H,3-4,11-13H2,1H3,(H,23,25)/t16-/m1/s1. The van der Waals surface area contributed by atoms with Crippen LogP contribution in [0.1, 0.15) is 24.0 Å². The number of carbonyl (C=O) groups is 1. The highest BCUT2D eigenvalue weighted by molar-refractivity contribution is 6.31. The molecule has 1 aliphatic rings. The summed E-state index contributed by atoms with van der Waals surface area (Å²) < 4.78 is 13.0. The van der Waals surface area contributed by atoms with Crippen molar-refractivity contribution in [1.82, 2.24) is 4.90 Å². The predicted molar refractivity (Wildman–Crippen MR) is 99.2 cm³/mol. The fraction of sp³-hybridized carbons (Fsp3) is 0.350. The highest BCUT2D eigenvalue weighted by atomic mass is 35.5. The highest BCUT2D eigenvalue weighted by Crippen LogP contribution is 2.25. The Labute approximate surface area is 152 Å². The normalized spacial score (nSPS) is 18.1. The van der Waals surface area contributed by atoms with Crippen molar-refractivity contribution in [3.05, 3.63) is 64.4 Å². The smallest absolute Gasteiger partial charge is 0.228 e. The van der Waals surface area contributed by atoms with Crippen LogP contribution in [-0.4, -0.2) is 23.9 Å². The second-order valence-corrected chi connectivity index (χ2v) is 7.01. The van der Waals surface area contributed by atoms with E-state index in [1.165, 1.54) is 12.1 Å². The summed E-state index contributed by atoms with van der Waals surface area (Å²) in [6, 6.07) is 12.1. The summed E-state index contributed by atoms with van der Waals surface area (Å²) in [5.41, 5.74) is 2.72. The molecule has 1 heterocycles. The van der Waals surface area contributed by atoms with E-state index in [0.717, 1.165) is 42.7 Å². The fourth-order valence-corrected chi connectivity index (χ4v) is 3.41. The maximum atomic E-state index is 13.0. The van der Waals surface area contributed by atoms with Gasteiger partial charge in [0, 0.05) is 23.8 Å². The van der Waals surface area contributed by atoms with Gasteiger partial charge in [-0.05, 0) is 61.7 Å². The van der Waals surface area contributed by atoms with Crippen LogP contribution in [0.2, 0.25) is 5.02 Å². The number of nitrogens with zero attached hydrogens (tertiary/aromatic N) is 1. The zero-order chi connectivity index (χ0) is 17.8. The topological polar surface area (TPSA) is 32.3 Å². The van der Waals surface area contributed by atoms with E-state index < -0.39 is 0 Å². The van der Waals surface area contributed by atoms with Crippen molar-refractivity contribution in [1.29, 1.82) is 0 Å². The van der Waals surface area contributed by atoms with Gasteiger partial charge in [-0.15, -0.1) is 0 Å². The predicted octanol–water partition coefficient (Wildman–Crippen LogP) is 4.64. The van der Waals surface area contributed by atoms with Crippen molar-refractivity contribution in [2.75, 3.05) is 18.4 Å². The molecule has 2 aromatic rings. The van der Waals surface area contributed by atoms with Crippen LogP contribution in [0.5, 0.6) is 0 Å². The molecular formula is C20H22ClFN2O. The molecule has 5 heteroatoms. The van der Waals surface area contributed by atoms with Crippen molar-refractivity contribution < 1.29 is 9.18 Å². The Morgan fingerprint density at radius 1 is 1.28 bits per heavy atom. The van der Waals surface area contributed by atoms with Crippen LogP contribution in [0, 0.1) is 18.7 Å². The van der Waals surface area contributed by atoms with Gasteiger partial charge in [0.15, 0.2) is 0 Å². The molecule has 0 spiro atoms. The number of benzene rings is 2. The van der Waals surface area contributed by atoms with E-state index in [4.69, 9.17) is 11.6 Å². The van der Waals surface area contributed by atoms with Crippen LogP contribution in [0.4, 0.5) is 10.1 Å². The molecule has 132 valence electrons. The minimum atomic E-state index is -0.225. The molecule has 1 amide bonds. The van der Waals surface area contributed by atoms with Gasteiger partial charge in [-0.3, -0.25) is 9.69 Å². The summed E-state index contributed by atoms with van der Waals surface area (Å²) in [5.74, 6) is -0.238. The van der Waals surface area contributed by atoms with Crippen molar-refractivity contribution >= 4 is 23.2 Å². The van der Waals surface area contributed by atoms with Gasteiger partial charge in [-0.25, -0.2) is 4.39 Å². The quantitative estimate of drug-likeness (QED) is 0.861. The highest BCUT2D eigenvalue weighted by Gasteiger charge is 2.26. The Bertz CT molecular complexity index is 748. The van der Waals surface area contributed by atoms with Crippen molar-refractivity contribution in [2.45, 2.75) is 26.3 Å². The summed E-state index contributed by atoms with van der Waals surface area (Å²) in [6.07, 6.45) is 1.86. The Balaban J connectivity index is 1.61. The Morgan fingerprint density at radius 2 is 2.04 bits per heavy atom. The van der Waals surface area contributed by atoms with Gasteiger partial charge < -0.3 is 5.32 Å². The maximum absolute atomic E-state index is 13.0. The molecule has 0 unspecified atom stereocenters. The summed E-state index contributed by atoms with van der Waals surface area (Å²) in [4.78, 5) is 14.9. The van der Waals surface area contributed by atoms with E-state index in [1.807, 2.05) is 25.1 Å². The van der Waals surface area contributed by atoms with Crippen LogP contribution >= 0.6 is 11.6 Å². The molecule has 0 saturated carbocycles. The zero-order valence-electron chi connectivity index (χ0n) is 14.3. The number of halogens is 2. The lowest BCUT2D eigenvalue weighted by Gasteiger charge is -2.32. The number of nitrogens with one attached hydrogen (secondary N) is 1. The maximum Gasteiger partial charge on any atom is 0.228 e. The van der Waals surface area contributed by atoms with Gasteiger partial charge >= 0.3 is 0 Å². The first-order chi connectivity index (χ1) is 12.0. The fourth-order valence-electron chi connectivity index (χ4n) is 3.24. The number of piperidine rings is 1. The lowest BCUT2D eigenvalue weighted by Crippen LogP contribution is -2.40. The van der Waals surface area contributed by atoms with Gasteiger partial charge in [0.2, 0.25) is 5.91 Å². The van der Waals surface area contributed by atoms with Gasteiger partial charge in [0.1, 0.15) is 5.82 Å².